The summed E-state index contributed by atoms with van der Waals surface area (Å²) in [7, 11) is 5.00. The van der Waals surface area contributed by atoms with E-state index >= 15 is 0 Å². The third kappa shape index (κ3) is 2.08. The van der Waals surface area contributed by atoms with Gasteiger partial charge in [-0.3, -0.25) is 4.79 Å². The quantitative estimate of drug-likeness (QED) is 0.517. The highest BCUT2D eigenvalue weighted by Crippen LogP contribution is 2.11. The Kier molecular flexibility index (Phi) is 4.12. The van der Waals surface area contributed by atoms with Gasteiger partial charge in [-0.25, -0.2) is 0 Å². The first-order valence-electron chi connectivity index (χ1n) is 4.99. The molecule has 4 N–H and O–H groups in total. The van der Waals surface area contributed by atoms with E-state index in [0.29, 0.717) is 17.3 Å². The summed E-state index contributed by atoms with van der Waals surface area (Å²) in [5, 5.41) is 14.6. The number of anilines is 2. The Labute approximate surface area is 93.5 Å². The van der Waals surface area contributed by atoms with Gasteiger partial charge in [0.25, 0.3) is 5.56 Å². The van der Waals surface area contributed by atoms with Gasteiger partial charge in [0, 0.05) is 34.2 Å². The van der Waals surface area contributed by atoms with E-state index in [9.17, 15) is 4.79 Å². The summed E-state index contributed by atoms with van der Waals surface area (Å²) in [6, 6.07) is 0. The minimum atomic E-state index is -0.222. The van der Waals surface area contributed by atoms with Gasteiger partial charge in [0.1, 0.15) is 5.82 Å². The molecular formula is C9H17N5O2. The van der Waals surface area contributed by atoms with Gasteiger partial charge in [-0.2, -0.15) is 9.66 Å². The fraction of sp³-hybridized carbons (Fsp3) is 0.556. The summed E-state index contributed by atoms with van der Waals surface area (Å²) in [4.78, 5) is 16.2. The molecule has 0 radical (unpaired) electrons. The van der Waals surface area contributed by atoms with Crippen molar-refractivity contribution in [3.8, 4) is 0 Å². The standard InChI is InChI=1S/C9H17N5O2/c1-10-7-6(4-5-15)8(16)14(12-3)9(11-2)13-7/h10,12,15H,4-5H2,1-3H3,(H,11,13). The molecular weight excluding hydrogens is 210 g/mol. The Hall–Kier alpha value is -1.76. The molecule has 0 saturated carbocycles. The van der Waals surface area contributed by atoms with Gasteiger partial charge >= 0.3 is 0 Å². The molecule has 0 aliphatic rings. The van der Waals surface area contributed by atoms with Crippen molar-refractivity contribution in [1.29, 1.82) is 0 Å². The molecule has 0 aromatic carbocycles. The van der Waals surface area contributed by atoms with Crippen LogP contribution in [0.2, 0.25) is 0 Å². The number of hydrogen-bond donors (Lipinski definition) is 4. The van der Waals surface area contributed by atoms with Crippen LogP contribution >= 0.6 is 0 Å². The molecule has 1 aromatic heterocycles. The Balaban J connectivity index is 3.42. The van der Waals surface area contributed by atoms with Crippen LogP contribution in [0.5, 0.6) is 0 Å². The van der Waals surface area contributed by atoms with Crippen LogP contribution in [0.4, 0.5) is 11.8 Å². The van der Waals surface area contributed by atoms with E-state index in [1.54, 1.807) is 21.1 Å². The van der Waals surface area contributed by atoms with Crippen molar-refractivity contribution in [2.24, 2.45) is 0 Å². The van der Waals surface area contributed by atoms with Crippen LogP contribution in [-0.2, 0) is 6.42 Å². The molecule has 90 valence electrons. The van der Waals surface area contributed by atoms with E-state index in [0.717, 1.165) is 0 Å². The van der Waals surface area contributed by atoms with Gasteiger partial charge < -0.3 is 21.2 Å². The van der Waals surface area contributed by atoms with E-state index in [-0.39, 0.29) is 18.6 Å². The number of rotatable bonds is 5. The minimum Gasteiger partial charge on any atom is -0.396 e. The second kappa shape index (κ2) is 5.36. The smallest absolute Gasteiger partial charge is 0.278 e. The molecule has 1 heterocycles. The van der Waals surface area contributed by atoms with E-state index in [1.807, 2.05) is 0 Å². The highest BCUT2D eigenvalue weighted by molar-refractivity contribution is 5.47. The lowest BCUT2D eigenvalue weighted by molar-refractivity contribution is 0.299. The summed E-state index contributed by atoms with van der Waals surface area (Å²) in [5.41, 5.74) is 2.97. The molecule has 16 heavy (non-hydrogen) atoms. The number of nitrogens with zero attached hydrogens (tertiary/aromatic N) is 2. The first-order chi connectivity index (χ1) is 7.69. The molecule has 0 saturated heterocycles. The van der Waals surface area contributed by atoms with Crippen LogP contribution in [-0.4, -0.2) is 42.5 Å². The molecule has 0 spiro atoms. The van der Waals surface area contributed by atoms with Gasteiger partial charge in [-0.05, 0) is 0 Å². The van der Waals surface area contributed by atoms with Crippen molar-refractivity contribution in [1.82, 2.24) is 9.66 Å². The average Bonchev–Trinajstić information content (AvgIpc) is 2.31. The second-order valence-electron chi connectivity index (χ2n) is 3.10. The van der Waals surface area contributed by atoms with Crippen molar-refractivity contribution in [2.45, 2.75) is 6.42 Å². The van der Waals surface area contributed by atoms with Gasteiger partial charge in [0.05, 0.1) is 5.56 Å². The predicted octanol–water partition coefficient (Wildman–Crippen LogP) is -0.965. The Bertz CT molecular complexity index is 415. The fourth-order valence-corrected chi connectivity index (χ4v) is 1.47. The zero-order valence-corrected chi connectivity index (χ0v) is 9.66. The topological polar surface area (TPSA) is 91.2 Å². The highest BCUT2D eigenvalue weighted by atomic mass is 16.3. The maximum Gasteiger partial charge on any atom is 0.278 e. The van der Waals surface area contributed by atoms with E-state index < -0.39 is 0 Å². The molecule has 0 bridgehead atoms. The molecule has 0 unspecified atom stereocenters. The van der Waals surface area contributed by atoms with Gasteiger partial charge in [-0.15, -0.1) is 0 Å². The predicted molar refractivity (Wildman–Crippen MR) is 63.7 cm³/mol. The van der Waals surface area contributed by atoms with Crippen LogP contribution in [0.15, 0.2) is 4.79 Å². The normalized spacial score (nSPS) is 10.0. The first kappa shape index (κ1) is 12.3. The van der Waals surface area contributed by atoms with Crippen LogP contribution in [0, 0.1) is 0 Å². The SMILES string of the molecule is CNc1nc(NC)n(NC)c(=O)c1CCO. The molecule has 1 aromatic rings. The molecule has 0 amide bonds. The molecule has 0 aliphatic heterocycles. The monoisotopic (exact) mass is 227 g/mol. The summed E-state index contributed by atoms with van der Waals surface area (Å²) < 4.78 is 1.30. The Morgan fingerprint density at radius 1 is 1.31 bits per heavy atom. The lowest BCUT2D eigenvalue weighted by Crippen LogP contribution is -2.33. The lowest BCUT2D eigenvalue weighted by atomic mass is 10.2. The van der Waals surface area contributed by atoms with Crippen LogP contribution in [0.25, 0.3) is 0 Å². The second-order valence-corrected chi connectivity index (χ2v) is 3.10. The third-order valence-corrected chi connectivity index (χ3v) is 2.22. The fourth-order valence-electron chi connectivity index (χ4n) is 1.47. The summed E-state index contributed by atoms with van der Waals surface area (Å²) >= 11 is 0. The molecule has 0 atom stereocenters. The third-order valence-electron chi connectivity index (χ3n) is 2.22. The van der Waals surface area contributed by atoms with Crippen molar-refractivity contribution in [3.63, 3.8) is 0 Å². The maximum atomic E-state index is 12.0. The molecule has 7 nitrogen and oxygen atoms in total. The molecule has 0 fully saturated rings. The minimum absolute atomic E-state index is 0.0891. The van der Waals surface area contributed by atoms with E-state index in [2.05, 4.69) is 21.0 Å². The van der Waals surface area contributed by atoms with Gasteiger partial charge in [0.2, 0.25) is 5.95 Å². The summed E-state index contributed by atoms with van der Waals surface area (Å²) in [6.45, 7) is -0.0891. The maximum absolute atomic E-state index is 12.0. The van der Waals surface area contributed by atoms with Gasteiger partial charge in [0.15, 0.2) is 0 Å². The zero-order chi connectivity index (χ0) is 12.1. The molecule has 1 rings (SSSR count). The van der Waals surface area contributed by atoms with Crippen LogP contribution in [0.3, 0.4) is 0 Å². The average molecular weight is 227 g/mol. The zero-order valence-electron chi connectivity index (χ0n) is 9.66. The number of aromatic nitrogens is 2. The van der Waals surface area contributed by atoms with E-state index in [1.165, 1.54) is 4.68 Å². The number of aliphatic hydroxyl groups is 1. The molecule has 0 aliphatic carbocycles. The van der Waals surface area contributed by atoms with E-state index in [4.69, 9.17) is 5.11 Å². The summed E-state index contributed by atoms with van der Waals surface area (Å²) in [5.74, 6) is 0.897. The van der Waals surface area contributed by atoms with Crippen molar-refractivity contribution in [2.75, 3.05) is 43.8 Å². The number of nitrogens with one attached hydrogen (secondary N) is 3. The Morgan fingerprint density at radius 3 is 2.44 bits per heavy atom. The van der Waals surface area contributed by atoms with Gasteiger partial charge in [-0.1, -0.05) is 0 Å². The highest BCUT2D eigenvalue weighted by Gasteiger charge is 2.13. The van der Waals surface area contributed by atoms with Crippen molar-refractivity contribution in [3.05, 3.63) is 15.9 Å². The lowest BCUT2D eigenvalue weighted by Gasteiger charge is -2.15. The number of hydrogen-bond acceptors (Lipinski definition) is 6. The first-order valence-corrected chi connectivity index (χ1v) is 4.99. The number of aliphatic hydroxyl groups excluding tert-OH is 1. The molecule has 7 heteroatoms. The van der Waals surface area contributed by atoms with Crippen molar-refractivity contribution >= 4 is 11.8 Å². The van der Waals surface area contributed by atoms with Crippen LogP contribution < -0.4 is 21.6 Å². The summed E-state index contributed by atoms with van der Waals surface area (Å²) in [6.07, 6.45) is 0.272. The van der Waals surface area contributed by atoms with Crippen LogP contribution in [0.1, 0.15) is 5.56 Å². The van der Waals surface area contributed by atoms with Crippen molar-refractivity contribution < 1.29 is 5.11 Å². The Morgan fingerprint density at radius 2 is 2.00 bits per heavy atom. The largest absolute Gasteiger partial charge is 0.396 e.